The highest BCUT2D eigenvalue weighted by Gasteiger charge is 2.16. The van der Waals surface area contributed by atoms with Gasteiger partial charge in [-0.25, -0.2) is 4.79 Å². The second-order valence-corrected chi connectivity index (χ2v) is 3.86. The smallest absolute Gasteiger partial charge is 0.337 e. The van der Waals surface area contributed by atoms with Crippen LogP contribution in [0.25, 0.3) is 0 Å². The first-order valence-corrected chi connectivity index (χ1v) is 5.18. The molecule has 0 amide bonds. The maximum Gasteiger partial charge on any atom is 0.337 e. The summed E-state index contributed by atoms with van der Waals surface area (Å²) in [7, 11) is 1.24. The SMILES string of the molecule is COC(=O)[C@@H](N)Cc1ccc(Cl)c(C(=O)O)c1. The Kier molecular flexibility index (Phi) is 4.48. The lowest BCUT2D eigenvalue weighted by Crippen LogP contribution is -2.33. The standard InChI is InChI=1S/C11H12ClNO4/c1-17-11(16)9(13)5-6-2-3-8(12)7(4-6)10(14)15/h2-4,9H,5,13H2,1H3,(H,14,15)/t9-/m0/s1. The molecule has 0 aliphatic heterocycles. The molecular formula is C11H12ClNO4. The third-order valence-electron chi connectivity index (χ3n) is 2.22. The normalized spacial score (nSPS) is 11.9. The Hall–Kier alpha value is -1.59. The molecule has 17 heavy (non-hydrogen) atoms. The number of hydrogen-bond donors (Lipinski definition) is 2. The number of hydrogen-bond acceptors (Lipinski definition) is 4. The summed E-state index contributed by atoms with van der Waals surface area (Å²) < 4.78 is 4.48. The van der Waals surface area contributed by atoms with Crippen LogP contribution in [0.4, 0.5) is 0 Å². The number of rotatable bonds is 4. The van der Waals surface area contributed by atoms with E-state index in [1.54, 1.807) is 6.07 Å². The number of aromatic carboxylic acids is 1. The average Bonchev–Trinajstić information content (AvgIpc) is 2.30. The van der Waals surface area contributed by atoms with Gasteiger partial charge in [-0.2, -0.15) is 0 Å². The Morgan fingerprint density at radius 3 is 2.71 bits per heavy atom. The lowest BCUT2D eigenvalue weighted by Gasteiger charge is -2.10. The third kappa shape index (κ3) is 3.44. The van der Waals surface area contributed by atoms with E-state index in [9.17, 15) is 9.59 Å². The Labute approximate surface area is 103 Å². The molecule has 0 aromatic heterocycles. The summed E-state index contributed by atoms with van der Waals surface area (Å²) in [5.41, 5.74) is 6.17. The van der Waals surface area contributed by atoms with E-state index in [-0.39, 0.29) is 17.0 Å². The van der Waals surface area contributed by atoms with Gasteiger partial charge >= 0.3 is 11.9 Å². The van der Waals surface area contributed by atoms with E-state index in [4.69, 9.17) is 22.4 Å². The minimum absolute atomic E-state index is 0.0127. The first-order valence-electron chi connectivity index (χ1n) is 4.81. The van der Waals surface area contributed by atoms with E-state index in [0.29, 0.717) is 5.56 Å². The number of carbonyl (C=O) groups is 2. The van der Waals surface area contributed by atoms with E-state index in [1.807, 2.05) is 0 Å². The molecule has 0 aliphatic rings. The van der Waals surface area contributed by atoms with Crippen LogP contribution < -0.4 is 5.73 Å². The highest BCUT2D eigenvalue weighted by molar-refractivity contribution is 6.33. The van der Waals surface area contributed by atoms with Crippen molar-refractivity contribution in [2.45, 2.75) is 12.5 Å². The van der Waals surface area contributed by atoms with Crippen molar-refractivity contribution in [1.82, 2.24) is 0 Å². The van der Waals surface area contributed by atoms with Crippen molar-refractivity contribution in [2.75, 3.05) is 7.11 Å². The van der Waals surface area contributed by atoms with Crippen LogP contribution in [0.3, 0.4) is 0 Å². The molecule has 1 aromatic rings. The van der Waals surface area contributed by atoms with Crippen LogP contribution in [0.1, 0.15) is 15.9 Å². The van der Waals surface area contributed by atoms with Crippen molar-refractivity contribution < 1.29 is 19.4 Å². The maximum absolute atomic E-state index is 11.1. The Bertz CT molecular complexity index is 447. The molecule has 1 atom stereocenters. The quantitative estimate of drug-likeness (QED) is 0.788. The van der Waals surface area contributed by atoms with Crippen LogP contribution in [0.15, 0.2) is 18.2 Å². The molecule has 0 aliphatic carbocycles. The summed E-state index contributed by atoms with van der Waals surface area (Å²) >= 11 is 5.71. The monoisotopic (exact) mass is 257 g/mol. The van der Waals surface area contributed by atoms with Crippen molar-refractivity contribution >= 4 is 23.5 Å². The molecule has 0 spiro atoms. The van der Waals surface area contributed by atoms with Gasteiger partial charge in [0.15, 0.2) is 0 Å². The zero-order chi connectivity index (χ0) is 13.0. The molecule has 92 valence electrons. The fourth-order valence-corrected chi connectivity index (χ4v) is 1.55. The van der Waals surface area contributed by atoms with Crippen molar-refractivity contribution in [2.24, 2.45) is 5.73 Å². The summed E-state index contributed by atoms with van der Waals surface area (Å²) in [5, 5.41) is 9.02. The number of ether oxygens (including phenoxy) is 1. The predicted molar refractivity (Wildman–Crippen MR) is 62.1 cm³/mol. The van der Waals surface area contributed by atoms with Crippen molar-refractivity contribution in [3.05, 3.63) is 34.3 Å². The van der Waals surface area contributed by atoms with Gasteiger partial charge < -0.3 is 15.6 Å². The number of carboxylic acid groups (broad SMARTS) is 1. The van der Waals surface area contributed by atoms with Crippen LogP contribution in [0.5, 0.6) is 0 Å². The molecule has 0 saturated heterocycles. The molecule has 0 radical (unpaired) electrons. The molecule has 1 aromatic carbocycles. The zero-order valence-electron chi connectivity index (χ0n) is 9.14. The summed E-state index contributed by atoms with van der Waals surface area (Å²) in [6, 6.07) is 3.66. The molecule has 5 nitrogen and oxygen atoms in total. The molecule has 3 N–H and O–H groups in total. The third-order valence-corrected chi connectivity index (χ3v) is 2.55. The van der Waals surface area contributed by atoms with Gasteiger partial charge in [0.2, 0.25) is 0 Å². The number of nitrogens with two attached hydrogens (primary N) is 1. The predicted octanol–water partition coefficient (Wildman–Crippen LogP) is 1.08. The molecule has 0 bridgehead atoms. The highest BCUT2D eigenvalue weighted by atomic mass is 35.5. The maximum atomic E-state index is 11.1. The highest BCUT2D eigenvalue weighted by Crippen LogP contribution is 2.18. The van der Waals surface area contributed by atoms with Crippen LogP contribution in [0, 0.1) is 0 Å². The van der Waals surface area contributed by atoms with Gasteiger partial charge in [0.1, 0.15) is 6.04 Å². The number of methoxy groups -OCH3 is 1. The minimum Gasteiger partial charge on any atom is -0.478 e. The van der Waals surface area contributed by atoms with E-state index in [1.165, 1.54) is 19.2 Å². The largest absolute Gasteiger partial charge is 0.478 e. The lowest BCUT2D eigenvalue weighted by molar-refractivity contribution is -0.142. The van der Waals surface area contributed by atoms with E-state index < -0.39 is 18.0 Å². The molecule has 0 heterocycles. The number of halogens is 1. The number of esters is 1. The topological polar surface area (TPSA) is 89.6 Å². The number of benzene rings is 1. The van der Waals surface area contributed by atoms with Gasteiger partial charge in [-0.05, 0) is 24.1 Å². The van der Waals surface area contributed by atoms with Crippen LogP contribution >= 0.6 is 11.6 Å². The summed E-state index contributed by atoms with van der Waals surface area (Å²) in [6.07, 6.45) is 0.199. The molecular weight excluding hydrogens is 246 g/mol. The van der Waals surface area contributed by atoms with E-state index in [2.05, 4.69) is 4.74 Å². The van der Waals surface area contributed by atoms with Crippen molar-refractivity contribution in [1.29, 1.82) is 0 Å². The fraction of sp³-hybridized carbons (Fsp3) is 0.273. The van der Waals surface area contributed by atoms with Crippen molar-refractivity contribution in [3.63, 3.8) is 0 Å². The van der Waals surface area contributed by atoms with Gasteiger partial charge in [-0.1, -0.05) is 17.7 Å². The summed E-state index contributed by atoms with van der Waals surface area (Å²) in [4.78, 5) is 22.0. The van der Waals surface area contributed by atoms with Crippen LogP contribution in [-0.2, 0) is 16.0 Å². The van der Waals surface area contributed by atoms with Crippen LogP contribution in [0.2, 0.25) is 5.02 Å². The first-order chi connectivity index (χ1) is 7.95. The Morgan fingerprint density at radius 2 is 2.18 bits per heavy atom. The summed E-state index contributed by atoms with van der Waals surface area (Å²) in [5.74, 6) is -1.67. The molecule has 0 saturated carbocycles. The minimum atomic E-state index is -1.12. The van der Waals surface area contributed by atoms with Gasteiger partial charge in [-0.15, -0.1) is 0 Å². The number of carbonyl (C=O) groups excluding carboxylic acids is 1. The fourth-order valence-electron chi connectivity index (χ4n) is 1.35. The first kappa shape index (κ1) is 13.5. The second-order valence-electron chi connectivity index (χ2n) is 3.45. The van der Waals surface area contributed by atoms with Crippen LogP contribution in [-0.4, -0.2) is 30.2 Å². The van der Waals surface area contributed by atoms with Gasteiger partial charge in [0, 0.05) is 0 Å². The number of carboxylic acids is 1. The molecule has 0 fully saturated rings. The zero-order valence-corrected chi connectivity index (χ0v) is 9.90. The van der Waals surface area contributed by atoms with Gasteiger partial charge in [0.25, 0.3) is 0 Å². The summed E-state index contributed by atoms with van der Waals surface area (Å²) in [6.45, 7) is 0. The van der Waals surface area contributed by atoms with Gasteiger partial charge in [0.05, 0.1) is 17.7 Å². The second kappa shape index (κ2) is 5.65. The molecule has 6 heteroatoms. The van der Waals surface area contributed by atoms with E-state index in [0.717, 1.165) is 0 Å². The average molecular weight is 258 g/mol. The van der Waals surface area contributed by atoms with E-state index >= 15 is 0 Å². The molecule has 0 unspecified atom stereocenters. The Balaban J connectivity index is 2.90. The van der Waals surface area contributed by atoms with Gasteiger partial charge in [-0.3, -0.25) is 4.79 Å². The lowest BCUT2D eigenvalue weighted by atomic mass is 10.0. The Morgan fingerprint density at radius 1 is 1.53 bits per heavy atom. The van der Waals surface area contributed by atoms with Crippen molar-refractivity contribution in [3.8, 4) is 0 Å². The molecule has 1 rings (SSSR count).